The van der Waals surface area contributed by atoms with E-state index < -0.39 is 10.0 Å². The molecule has 4 N–H and O–H groups in total. The van der Waals surface area contributed by atoms with E-state index in [0.29, 0.717) is 29.0 Å². The molecule has 0 radical (unpaired) electrons. The fourth-order valence-corrected chi connectivity index (χ4v) is 4.83. The predicted molar refractivity (Wildman–Crippen MR) is 132 cm³/mol. The van der Waals surface area contributed by atoms with Gasteiger partial charge in [0.1, 0.15) is 0 Å². The van der Waals surface area contributed by atoms with E-state index in [4.69, 9.17) is 0 Å². The van der Waals surface area contributed by atoms with Crippen LogP contribution in [-0.2, 0) is 19.6 Å². The second kappa shape index (κ2) is 10.2. The average molecular weight is 475 g/mol. The second-order valence-corrected chi connectivity index (χ2v) is 11.2. The van der Waals surface area contributed by atoms with Gasteiger partial charge in [-0.25, -0.2) is 8.42 Å². The van der Waals surface area contributed by atoms with Gasteiger partial charge in [-0.3, -0.25) is 25.2 Å². The Morgan fingerprint density at radius 2 is 1.55 bits per heavy atom. The summed E-state index contributed by atoms with van der Waals surface area (Å²) >= 11 is 0. The fourth-order valence-electron chi connectivity index (χ4n) is 3.52. The highest BCUT2D eigenvalue weighted by atomic mass is 32.2. The molecule has 180 valence electrons. The number of rotatable bonds is 8. The van der Waals surface area contributed by atoms with Crippen LogP contribution in [-0.4, -0.2) is 20.2 Å². The minimum absolute atomic E-state index is 0.00466. The van der Waals surface area contributed by atoms with Crippen molar-refractivity contribution in [2.75, 3.05) is 15.5 Å². The zero-order valence-electron chi connectivity index (χ0n) is 20.3. The van der Waals surface area contributed by atoms with E-state index >= 15 is 0 Å². The minimum atomic E-state index is -3.90. The highest BCUT2D eigenvalue weighted by Crippen LogP contribution is 2.29. The van der Waals surface area contributed by atoms with E-state index in [0.717, 1.165) is 5.56 Å². The van der Waals surface area contributed by atoms with Crippen LogP contribution in [0.15, 0.2) is 41.3 Å². The third-order valence-corrected chi connectivity index (χ3v) is 6.48. The fraction of sp³-hybridized carbons (Fsp3) is 0.417. The Balaban J connectivity index is 2.23. The summed E-state index contributed by atoms with van der Waals surface area (Å²) in [7, 11) is -3.90. The van der Waals surface area contributed by atoms with Crippen LogP contribution in [0.1, 0.15) is 52.2 Å². The third kappa shape index (κ3) is 7.78. The van der Waals surface area contributed by atoms with Crippen LogP contribution in [0.25, 0.3) is 0 Å². The summed E-state index contributed by atoms with van der Waals surface area (Å²) in [6.07, 6.45) is 0.712. The third-order valence-electron chi connectivity index (χ3n) is 4.96. The summed E-state index contributed by atoms with van der Waals surface area (Å²) in [5.74, 6) is -0.603. The lowest BCUT2D eigenvalue weighted by molar-refractivity contribution is -0.120. The van der Waals surface area contributed by atoms with E-state index in [1.807, 2.05) is 13.8 Å². The van der Waals surface area contributed by atoms with Gasteiger partial charge in [0.2, 0.25) is 11.8 Å². The number of sulfonamides is 1. The Hall–Kier alpha value is -3.07. The van der Waals surface area contributed by atoms with Crippen molar-refractivity contribution in [3.8, 4) is 0 Å². The van der Waals surface area contributed by atoms with Crippen LogP contribution in [0.2, 0.25) is 0 Å². The number of hydrogen-bond acceptors (Lipinski definition) is 5. The Bertz CT molecular complexity index is 1120. The number of hydrazine groups is 1. The van der Waals surface area contributed by atoms with Gasteiger partial charge in [-0.05, 0) is 67.1 Å². The second-order valence-electron chi connectivity index (χ2n) is 9.58. The standard InChI is InChI=1S/C24H34N4O4S/c1-15-12-16(2)22(13-21(15)25-23(30)17(3)14-24(5,6)7)33(31,32)28-20-10-8-19(9-11-20)27-26-18(4)29/h8-13,17,27-28H,14H2,1-7H3,(H,25,30)(H,26,29). The quantitative estimate of drug-likeness (QED) is 0.418. The van der Waals surface area contributed by atoms with Gasteiger partial charge in [-0.1, -0.05) is 33.8 Å². The summed E-state index contributed by atoms with van der Waals surface area (Å²) < 4.78 is 28.8. The normalized spacial score (nSPS) is 12.6. The molecule has 9 heteroatoms. The van der Waals surface area contributed by atoms with Crippen LogP contribution < -0.4 is 20.9 Å². The smallest absolute Gasteiger partial charge is 0.262 e. The van der Waals surface area contributed by atoms with Gasteiger partial charge in [0.15, 0.2) is 0 Å². The maximum Gasteiger partial charge on any atom is 0.262 e. The lowest BCUT2D eigenvalue weighted by Gasteiger charge is -2.23. The molecule has 0 aliphatic heterocycles. The summed E-state index contributed by atoms with van der Waals surface area (Å²) in [5, 5.41) is 2.89. The molecule has 8 nitrogen and oxygen atoms in total. The van der Waals surface area contributed by atoms with E-state index in [2.05, 4.69) is 41.7 Å². The van der Waals surface area contributed by atoms with Crippen LogP contribution >= 0.6 is 0 Å². The number of amides is 2. The Kier molecular flexibility index (Phi) is 8.13. The van der Waals surface area contributed by atoms with Gasteiger partial charge >= 0.3 is 0 Å². The van der Waals surface area contributed by atoms with Gasteiger partial charge in [0.25, 0.3) is 10.0 Å². The van der Waals surface area contributed by atoms with E-state index in [9.17, 15) is 18.0 Å². The van der Waals surface area contributed by atoms with E-state index in [-0.39, 0.29) is 28.0 Å². The number of carbonyl (C=O) groups excluding carboxylic acids is 2. The largest absolute Gasteiger partial charge is 0.326 e. The highest BCUT2D eigenvalue weighted by Gasteiger charge is 2.23. The number of carbonyl (C=O) groups is 2. The van der Waals surface area contributed by atoms with Crippen molar-refractivity contribution in [1.29, 1.82) is 0 Å². The molecule has 2 rings (SSSR count). The van der Waals surface area contributed by atoms with Crippen molar-refractivity contribution in [1.82, 2.24) is 5.43 Å². The first-order chi connectivity index (χ1) is 15.2. The molecule has 2 aromatic carbocycles. The lowest BCUT2D eigenvalue weighted by Crippen LogP contribution is -2.26. The molecular weight excluding hydrogens is 440 g/mol. The van der Waals surface area contributed by atoms with E-state index in [1.165, 1.54) is 13.0 Å². The van der Waals surface area contributed by atoms with Crippen molar-refractivity contribution < 1.29 is 18.0 Å². The first-order valence-electron chi connectivity index (χ1n) is 10.8. The highest BCUT2D eigenvalue weighted by molar-refractivity contribution is 7.92. The Morgan fingerprint density at radius 1 is 0.970 bits per heavy atom. The Labute approximate surface area is 196 Å². The van der Waals surface area contributed by atoms with Gasteiger partial charge in [0.05, 0.1) is 10.6 Å². The molecule has 0 saturated carbocycles. The van der Waals surface area contributed by atoms with Crippen LogP contribution in [0.4, 0.5) is 17.1 Å². The SMILES string of the molecule is CC(=O)NNc1ccc(NS(=O)(=O)c2cc(NC(=O)C(C)CC(C)(C)C)c(C)cc2C)cc1. The van der Waals surface area contributed by atoms with Crippen LogP contribution in [0.5, 0.6) is 0 Å². The number of anilines is 3. The van der Waals surface area contributed by atoms with Crippen molar-refractivity contribution >= 4 is 38.9 Å². The molecule has 0 fully saturated rings. The number of benzene rings is 2. The minimum Gasteiger partial charge on any atom is -0.326 e. The van der Waals surface area contributed by atoms with Crippen LogP contribution in [0.3, 0.4) is 0 Å². The van der Waals surface area contributed by atoms with Crippen LogP contribution in [0, 0.1) is 25.2 Å². The molecule has 0 heterocycles. The van der Waals surface area contributed by atoms with Gasteiger partial charge in [0, 0.05) is 24.2 Å². The molecule has 0 saturated heterocycles. The zero-order valence-corrected chi connectivity index (χ0v) is 21.1. The van der Waals surface area contributed by atoms with E-state index in [1.54, 1.807) is 37.3 Å². The molecule has 0 aliphatic rings. The molecule has 0 spiro atoms. The summed E-state index contributed by atoms with van der Waals surface area (Å²) in [6, 6.07) is 9.70. The molecule has 1 atom stereocenters. The number of nitrogens with one attached hydrogen (secondary N) is 4. The molecular formula is C24H34N4O4S. The van der Waals surface area contributed by atoms with Gasteiger partial charge in [-0.15, -0.1) is 0 Å². The molecule has 0 bridgehead atoms. The summed E-state index contributed by atoms with van der Waals surface area (Å²) in [5.41, 5.74) is 7.97. The topological polar surface area (TPSA) is 116 Å². The molecule has 2 amide bonds. The van der Waals surface area contributed by atoms with Crippen molar-refractivity contribution in [3.05, 3.63) is 47.5 Å². The first-order valence-corrected chi connectivity index (χ1v) is 12.2. The lowest BCUT2D eigenvalue weighted by atomic mass is 9.85. The summed E-state index contributed by atoms with van der Waals surface area (Å²) in [4.78, 5) is 23.8. The molecule has 2 aromatic rings. The van der Waals surface area contributed by atoms with Gasteiger partial charge in [-0.2, -0.15) is 0 Å². The maximum absolute atomic E-state index is 13.1. The summed E-state index contributed by atoms with van der Waals surface area (Å²) in [6.45, 7) is 13.0. The molecule has 1 unspecified atom stereocenters. The number of hydrogen-bond donors (Lipinski definition) is 4. The zero-order chi connectivity index (χ0) is 25.0. The predicted octanol–water partition coefficient (Wildman–Crippen LogP) is 4.58. The average Bonchev–Trinajstić information content (AvgIpc) is 2.67. The van der Waals surface area contributed by atoms with Crippen molar-refractivity contribution in [3.63, 3.8) is 0 Å². The first kappa shape index (κ1) is 26.2. The maximum atomic E-state index is 13.1. The van der Waals surface area contributed by atoms with Crippen molar-refractivity contribution in [2.45, 2.75) is 59.8 Å². The molecule has 0 aromatic heterocycles. The van der Waals surface area contributed by atoms with Gasteiger partial charge < -0.3 is 5.32 Å². The van der Waals surface area contributed by atoms with Crippen molar-refractivity contribution in [2.24, 2.45) is 11.3 Å². The monoisotopic (exact) mass is 474 g/mol. The molecule has 0 aliphatic carbocycles. The molecule has 33 heavy (non-hydrogen) atoms. The Morgan fingerprint density at radius 3 is 2.09 bits per heavy atom. The number of aryl methyl sites for hydroxylation is 2.